The molecule has 0 saturated heterocycles. The van der Waals surface area contributed by atoms with Crippen molar-refractivity contribution in [3.8, 4) is 0 Å². The van der Waals surface area contributed by atoms with Gasteiger partial charge in [-0.3, -0.25) is 4.79 Å². The third-order valence-corrected chi connectivity index (χ3v) is 4.75. The molecule has 6 nitrogen and oxygen atoms in total. The van der Waals surface area contributed by atoms with Gasteiger partial charge in [0, 0.05) is 34.6 Å². The van der Waals surface area contributed by atoms with E-state index in [2.05, 4.69) is 39.3 Å². The summed E-state index contributed by atoms with van der Waals surface area (Å²) >= 11 is 5.90. The predicted molar refractivity (Wildman–Crippen MR) is 109 cm³/mol. The van der Waals surface area contributed by atoms with E-state index in [1.165, 1.54) is 0 Å². The normalized spacial score (nSPS) is 20.4. The summed E-state index contributed by atoms with van der Waals surface area (Å²) in [5, 5.41) is 13.8. The molecule has 0 fully saturated rings. The minimum absolute atomic E-state index is 0.291. The van der Waals surface area contributed by atoms with Gasteiger partial charge in [0.15, 0.2) is 5.76 Å². The number of rotatable bonds is 5. The number of aromatic nitrogens is 1. The van der Waals surface area contributed by atoms with E-state index < -0.39 is 0 Å². The predicted octanol–water partition coefficient (Wildman–Crippen LogP) is 3.76. The molecule has 2 unspecified atom stereocenters. The Labute approximate surface area is 167 Å². The average molecular weight is 395 g/mol. The van der Waals surface area contributed by atoms with E-state index in [0.29, 0.717) is 39.7 Å². The van der Waals surface area contributed by atoms with E-state index in [9.17, 15) is 4.79 Å². The Kier molecular flexibility index (Phi) is 5.04. The molecule has 2 atom stereocenters. The molecule has 28 heavy (non-hydrogen) atoms. The maximum Gasteiger partial charge on any atom is 0.261 e. The Morgan fingerprint density at radius 2 is 2.11 bits per heavy atom. The lowest BCUT2D eigenvalue weighted by Crippen LogP contribution is -2.26. The fourth-order valence-electron chi connectivity index (χ4n) is 3.04. The first-order chi connectivity index (χ1) is 13.6. The summed E-state index contributed by atoms with van der Waals surface area (Å²) in [6, 6.07) is 8.92. The van der Waals surface area contributed by atoms with Crippen LogP contribution in [0.1, 0.15) is 11.5 Å². The summed E-state index contributed by atoms with van der Waals surface area (Å²) < 4.78 is 5.31. The van der Waals surface area contributed by atoms with Gasteiger partial charge in [-0.2, -0.15) is 0 Å². The minimum atomic E-state index is -0.313. The van der Waals surface area contributed by atoms with Crippen molar-refractivity contribution in [1.82, 2.24) is 15.8 Å². The largest absolute Gasteiger partial charge is 0.384 e. The van der Waals surface area contributed by atoms with Crippen LogP contribution in [-0.2, 0) is 4.79 Å². The third-order valence-electron chi connectivity index (χ3n) is 4.50. The van der Waals surface area contributed by atoms with E-state index in [-0.39, 0.29) is 5.91 Å². The highest BCUT2D eigenvalue weighted by Gasteiger charge is 2.22. The first kappa shape index (κ1) is 18.1. The molecular formula is C21H19ClN4O2. The SMILES string of the molecule is Cc1cc(/C(=C/NC2=CC3C=CNC3C=C2)C(=O)Nc2ccc(Cl)cc2)on1. The van der Waals surface area contributed by atoms with Crippen molar-refractivity contribution < 1.29 is 9.32 Å². The molecule has 1 aliphatic carbocycles. The van der Waals surface area contributed by atoms with E-state index in [1.54, 1.807) is 43.5 Å². The number of benzene rings is 1. The summed E-state index contributed by atoms with van der Waals surface area (Å²) in [5.41, 5.74) is 2.58. The average Bonchev–Trinajstić information content (AvgIpc) is 3.32. The lowest BCUT2D eigenvalue weighted by molar-refractivity contribution is -0.111. The first-order valence-corrected chi connectivity index (χ1v) is 9.26. The zero-order chi connectivity index (χ0) is 19.5. The Bertz CT molecular complexity index is 1000. The lowest BCUT2D eigenvalue weighted by atomic mass is 9.96. The van der Waals surface area contributed by atoms with Gasteiger partial charge in [0.25, 0.3) is 5.91 Å². The van der Waals surface area contributed by atoms with Crippen LogP contribution in [0.25, 0.3) is 5.57 Å². The van der Waals surface area contributed by atoms with Crippen molar-refractivity contribution in [3.63, 3.8) is 0 Å². The third kappa shape index (κ3) is 4.02. The lowest BCUT2D eigenvalue weighted by Gasteiger charge is -2.19. The van der Waals surface area contributed by atoms with Crippen molar-refractivity contribution >= 4 is 28.8 Å². The van der Waals surface area contributed by atoms with E-state index >= 15 is 0 Å². The van der Waals surface area contributed by atoms with Crippen LogP contribution in [0, 0.1) is 12.8 Å². The molecule has 7 heteroatoms. The van der Waals surface area contributed by atoms with Crippen LogP contribution in [0.15, 0.2) is 77.3 Å². The topological polar surface area (TPSA) is 79.2 Å². The summed E-state index contributed by atoms with van der Waals surface area (Å²) in [5.74, 6) is 0.364. The van der Waals surface area contributed by atoms with Gasteiger partial charge in [0.05, 0.1) is 11.7 Å². The summed E-state index contributed by atoms with van der Waals surface area (Å²) in [4.78, 5) is 12.9. The van der Waals surface area contributed by atoms with Crippen LogP contribution in [0.5, 0.6) is 0 Å². The fourth-order valence-corrected chi connectivity index (χ4v) is 3.17. The van der Waals surface area contributed by atoms with Crippen molar-refractivity contribution in [3.05, 3.63) is 89.2 Å². The molecule has 1 amide bonds. The maximum absolute atomic E-state index is 12.9. The number of amides is 1. The monoisotopic (exact) mass is 394 g/mol. The number of carbonyl (C=O) groups is 1. The second-order valence-electron chi connectivity index (χ2n) is 6.61. The standard InChI is InChI=1S/C21H19ClN4O2/c1-13-10-20(28-26-13)18(21(27)25-16-4-2-15(22)3-5-16)12-24-17-6-7-19-14(11-17)8-9-23-19/h2-12,14,19,23-24H,1H3,(H,25,27)/b18-12-. The highest BCUT2D eigenvalue weighted by molar-refractivity contribution is 6.30. The molecule has 0 radical (unpaired) electrons. The number of halogens is 1. The zero-order valence-electron chi connectivity index (χ0n) is 15.1. The number of hydrogen-bond acceptors (Lipinski definition) is 5. The van der Waals surface area contributed by atoms with Crippen LogP contribution in [-0.4, -0.2) is 17.1 Å². The van der Waals surface area contributed by atoms with Crippen molar-refractivity contribution in [2.45, 2.75) is 13.0 Å². The van der Waals surface area contributed by atoms with E-state index in [1.807, 2.05) is 12.3 Å². The first-order valence-electron chi connectivity index (χ1n) is 8.88. The molecule has 2 aromatic rings. The molecule has 2 aliphatic rings. The molecule has 0 saturated carbocycles. The summed E-state index contributed by atoms with van der Waals surface area (Å²) in [7, 11) is 0. The van der Waals surface area contributed by atoms with Crippen LogP contribution in [0.2, 0.25) is 5.02 Å². The van der Waals surface area contributed by atoms with Crippen LogP contribution in [0.3, 0.4) is 0 Å². The van der Waals surface area contributed by atoms with Gasteiger partial charge in [0.1, 0.15) is 5.57 Å². The minimum Gasteiger partial charge on any atom is -0.384 e. The smallest absolute Gasteiger partial charge is 0.261 e. The van der Waals surface area contributed by atoms with Gasteiger partial charge >= 0.3 is 0 Å². The number of nitrogens with one attached hydrogen (secondary N) is 3. The van der Waals surface area contributed by atoms with Crippen LogP contribution < -0.4 is 16.0 Å². The molecule has 2 heterocycles. The molecular weight excluding hydrogens is 376 g/mol. The molecule has 1 aromatic heterocycles. The van der Waals surface area contributed by atoms with E-state index in [4.69, 9.17) is 16.1 Å². The number of aryl methyl sites for hydroxylation is 1. The van der Waals surface area contributed by atoms with Gasteiger partial charge in [-0.25, -0.2) is 0 Å². The molecule has 3 N–H and O–H groups in total. The van der Waals surface area contributed by atoms with Crippen molar-refractivity contribution in [1.29, 1.82) is 0 Å². The Hall–Kier alpha value is -3.25. The number of fused-ring (bicyclic) bond motifs is 1. The number of hydrogen-bond donors (Lipinski definition) is 3. The Morgan fingerprint density at radius 3 is 2.86 bits per heavy atom. The van der Waals surface area contributed by atoms with Crippen molar-refractivity contribution in [2.75, 3.05) is 5.32 Å². The molecule has 1 aromatic carbocycles. The molecule has 0 spiro atoms. The van der Waals surface area contributed by atoms with Gasteiger partial charge in [-0.15, -0.1) is 0 Å². The fraction of sp³-hybridized carbons (Fsp3) is 0.143. The number of anilines is 1. The second-order valence-corrected chi connectivity index (χ2v) is 7.04. The highest BCUT2D eigenvalue weighted by atomic mass is 35.5. The highest BCUT2D eigenvalue weighted by Crippen LogP contribution is 2.23. The number of allylic oxidation sites excluding steroid dienone is 1. The number of carbonyl (C=O) groups excluding carboxylic acids is 1. The quantitative estimate of drug-likeness (QED) is 0.673. The van der Waals surface area contributed by atoms with Gasteiger partial charge in [-0.05, 0) is 43.5 Å². The summed E-state index contributed by atoms with van der Waals surface area (Å²) in [6.45, 7) is 1.81. The Morgan fingerprint density at radius 1 is 1.29 bits per heavy atom. The van der Waals surface area contributed by atoms with Gasteiger partial charge < -0.3 is 20.5 Å². The molecule has 4 rings (SSSR count). The second kappa shape index (κ2) is 7.78. The Balaban J connectivity index is 1.56. The zero-order valence-corrected chi connectivity index (χ0v) is 15.9. The van der Waals surface area contributed by atoms with Gasteiger partial charge in [0.2, 0.25) is 0 Å². The summed E-state index contributed by atoms with van der Waals surface area (Å²) in [6.07, 6.45) is 11.9. The molecule has 0 bridgehead atoms. The van der Waals surface area contributed by atoms with Gasteiger partial charge in [-0.1, -0.05) is 35.0 Å². The van der Waals surface area contributed by atoms with Crippen LogP contribution >= 0.6 is 11.6 Å². The molecule has 1 aliphatic heterocycles. The maximum atomic E-state index is 12.9. The number of nitrogens with zero attached hydrogens (tertiary/aromatic N) is 1. The molecule has 142 valence electrons. The van der Waals surface area contributed by atoms with E-state index in [0.717, 1.165) is 5.70 Å². The van der Waals surface area contributed by atoms with Crippen LogP contribution in [0.4, 0.5) is 5.69 Å². The van der Waals surface area contributed by atoms with Crippen molar-refractivity contribution in [2.24, 2.45) is 5.92 Å².